The summed E-state index contributed by atoms with van der Waals surface area (Å²) in [5.74, 6) is 0.618. The van der Waals surface area contributed by atoms with Gasteiger partial charge in [-0.2, -0.15) is 0 Å². The number of ether oxygens (including phenoxy) is 1. The molecule has 0 bridgehead atoms. The van der Waals surface area contributed by atoms with Crippen LogP contribution in [0.5, 0.6) is 5.75 Å². The average molecular weight is 256 g/mol. The first-order valence-corrected chi connectivity index (χ1v) is 6.24. The van der Waals surface area contributed by atoms with Crippen molar-refractivity contribution in [1.29, 1.82) is 0 Å². The van der Waals surface area contributed by atoms with E-state index in [1.807, 2.05) is 12.1 Å². The Labute approximate surface area is 110 Å². The van der Waals surface area contributed by atoms with Crippen molar-refractivity contribution in [3.63, 3.8) is 0 Å². The third-order valence-corrected chi connectivity index (χ3v) is 3.34. The number of benzene rings is 2. The molecule has 2 aromatic carbocycles. The Hall–Kier alpha value is -2.16. The van der Waals surface area contributed by atoms with E-state index in [2.05, 4.69) is 0 Å². The fourth-order valence-corrected chi connectivity index (χ4v) is 2.41. The van der Waals surface area contributed by atoms with Crippen molar-refractivity contribution in [3.8, 4) is 5.75 Å². The lowest BCUT2D eigenvalue weighted by Gasteiger charge is -2.10. The van der Waals surface area contributed by atoms with E-state index < -0.39 is 0 Å². The first-order valence-electron chi connectivity index (χ1n) is 6.24. The van der Waals surface area contributed by atoms with Gasteiger partial charge in [0.2, 0.25) is 0 Å². The second kappa shape index (κ2) is 4.84. The number of carbonyl (C=O) groups is 1. The van der Waals surface area contributed by atoms with Gasteiger partial charge >= 0.3 is 0 Å². The van der Waals surface area contributed by atoms with Crippen LogP contribution < -0.4 is 4.74 Å². The van der Waals surface area contributed by atoms with Crippen molar-refractivity contribution in [2.45, 2.75) is 18.9 Å². The van der Waals surface area contributed by atoms with Gasteiger partial charge in [0.15, 0.2) is 0 Å². The lowest BCUT2D eigenvalue weighted by molar-refractivity contribution is 0.112. The molecular formula is C16H13FO2. The van der Waals surface area contributed by atoms with Crippen LogP contribution >= 0.6 is 0 Å². The largest absolute Gasteiger partial charge is 0.489 e. The summed E-state index contributed by atoms with van der Waals surface area (Å²) in [4.78, 5) is 10.7. The van der Waals surface area contributed by atoms with Gasteiger partial charge in [-0.25, -0.2) is 4.39 Å². The van der Waals surface area contributed by atoms with Crippen LogP contribution in [0.15, 0.2) is 42.5 Å². The maximum absolute atomic E-state index is 12.8. The summed E-state index contributed by atoms with van der Waals surface area (Å²) in [6.07, 6.45) is 2.43. The van der Waals surface area contributed by atoms with Gasteiger partial charge in [0.25, 0.3) is 0 Å². The second-order valence-corrected chi connectivity index (χ2v) is 4.76. The second-order valence-electron chi connectivity index (χ2n) is 4.76. The molecule has 0 saturated carbocycles. The molecular weight excluding hydrogens is 243 g/mol. The lowest BCUT2D eigenvalue weighted by Crippen LogP contribution is -2.16. The highest BCUT2D eigenvalue weighted by atomic mass is 19.1. The number of aldehydes is 1. The van der Waals surface area contributed by atoms with Crippen LogP contribution in [-0.4, -0.2) is 12.4 Å². The minimum atomic E-state index is -0.227. The maximum atomic E-state index is 12.8. The first-order chi connectivity index (χ1) is 9.24. The summed E-state index contributed by atoms with van der Waals surface area (Å²) in [5.41, 5.74) is 2.79. The topological polar surface area (TPSA) is 26.3 Å². The number of halogens is 1. The predicted octanol–water partition coefficient (Wildman–Crippen LogP) is 3.18. The molecule has 1 atom stereocenters. The Balaban J connectivity index is 1.73. The summed E-state index contributed by atoms with van der Waals surface area (Å²) in [7, 11) is 0. The van der Waals surface area contributed by atoms with Gasteiger partial charge in [-0.1, -0.05) is 12.1 Å². The SMILES string of the molecule is O=Cc1ccc2c(c1)CC(Cc1ccc(F)cc1)O2. The van der Waals surface area contributed by atoms with Gasteiger partial charge in [0, 0.05) is 18.4 Å². The molecule has 2 aromatic rings. The quantitative estimate of drug-likeness (QED) is 0.788. The first kappa shape index (κ1) is 11.9. The summed E-state index contributed by atoms with van der Waals surface area (Å²) in [5, 5.41) is 0. The lowest BCUT2D eigenvalue weighted by atomic mass is 10.0. The zero-order chi connectivity index (χ0) is 13.2. The van der Waals surface area contributed by atoms with Gasteiger partial charge in [-0.05, 0) is 41.5 Å². The molecule has 0 radical (unpaired) electrons. The van der Waals surface area contributed by atoms with E-state index in [9.17, 15) is 9.18 Å². The van der Waals surface area contributed by atoms with Crippen LogP contribution in [0.25, 0.3) is 0 Å². The molecule has 0 aliphatic carbocycles. The highest BCUT2D eigenvalue weighted by Gasteiger charge is 2.23. The van der Waals surface area contributed by atoms with Gasteiger partial charge in [0.05, 0.1) is 0 Å². The number of hydrogen-bond donors (Lipinski definition) is 0. The number of hydrogen-bond acceptors (Lipinski definition) is 2. The van der Waals surface area contributed by atoms with Gasteiger partial charge < -0.3 is 4.74 Å². The third-order valence-electron chi connectivity index (χ3n) is 3.34. The zero-order valence-corrected chi connectivity index (χ0v) is 10.3. The average Bonchev–Trinajstić information content (AvgIpc) is 2.82. The zero-order valence-electron chi connectivity index (χ0n) is 10.3. The van der Waals surface area contributed by atoms with E-state index in [4.69, 9.17) is 4.74 Å². The molecule has 96 valence electrons. The molecule has 3 rings (SSSR count). The van der Waals surface area contributed by atoms with Crippen molar-refractivity contribution >= 4 is 6.29 Å². The van der Waals surface area contributed by atoms with Crippen LogP contribution in [0.4, 0.5) is 4.39 Å². The van der Waals surface area contributed by atoms with Crippen molar-refractivity contribution in [2.75, 3.05) is 0 Å². The van der Waals surface area contributed by atoms with E-state index in [0.717, 1.165) is 36.0 Å². The van der Waals surface area contributed by atoms with E-state index in [1.165, 1.54) is 12.1 Å². The summed E-state index contributed by atoms with van der Waals surface area (Å²) in [6, 6.07) is 11.9. The minimum Gasteiger partial charge on any atom is -0.489 e. The van der Waals surface area contributed by atoms with Gasteiger partial charge in [-0.15, -0.1) is 0 Å². The Morgan fingerprint density at radius 3 is 2.74 bits per heavy atom. The predicted molar refractivity (Wildman–Crippen MR) is 70.1 cm³/mol. The molecule has 0 N–H and O–H groups in total. The van der Waals surface area contributed by atoms with E-state index >= 15 is 0 Å². The minimum absolute atomic E-state index is 0.0577. The van der Waals surface area contributed by atoms with Crippen LogP contribution in [0.3, 0.4) is 0 Å². The summed E-state index contributed by atoms with van der Waals surface area (Å²) < 4.78 is 18.7. The summed E-state index contributed by atoms with van der Waals surface area (Å²) in [6.45, 7) is 0. The van der Waals surface area contributed by atoms with E-state index in [1.54, 1.807) is 18.2 Å². The van der Waals surface area contributed by atoms with Crippen molar-refractivity contribution in [3.05, 3.63) is 65.0 Å². The molecule has 1 unspecified atom stereocenters. The molecule has 19 heavy (non-hydrogen) atoms. The van der Waals surface area contributed by atoms with Crippen LogP contribution in [0.2, 0.25) is 0 Å². The summed E-state index contributed by atoms with van der Waals surface area (Å²) >= 11 is 0. The smallest absolute Gasteiger partial charge is 0.150 e. The van der Waals surface area contributed by atoms with Crippen molar-refractivity contribution < 1.29 is 13.9 Å². The highest BCUT2D eigenvalue weighted by molar-refractivity contribution is 5.75. The van der Waals surface area contributed by atoms with E-state index in [-0.39, 0.29) is 11.9 Å². The van der Waals surface area contributed by atoms with Gasteiger partial charge in [-0.3, -0.25) is 4.79 Å². The number of rotatable bonds is 3. The fraction of sp³-hybridized carbons (Fsp3) is 0.188. The molecule has 2 nitrogen and oxygen atoms in total. The van der Waals surface area contributed by atoms with Crippen LogP contribution in [0.1, 0.15) is 21.5 Å². The molecule has 1 heterocycles. The molecule has 1 aliphatic heterocycles. The molecule has 0 amide bonds. The molecule has 1 aliphatic rings. The van der Waals surface area contributed by atoms with E-state index in [0.29, 0.717) is 5.56 Å². The van der Waals surface area contributed by atoms with Crippen LogP contribution in [-0.2, 0) is 12.8 Å². The fourth-order valence-electron chi connectivity index (χ4n) is 2.41. The molecule has 0 saturated heterocycles. The highest BCUT2D eigenvalue weighted by Crippen LogP contribution is 2.30. The Kier molecular flexibility index (Phi) is 3.03. The molecule has 0 fully saturated rings. The Morgan fingerprint density at radius 2 is 2.00 bits per heavy atom. The maximum Gasteiger partial charge on any atom is 0.150 e. The molecule has 3 heteroatoms. The Morgan fingerprint density at radius 1 is 1.21 bits per heavy atom. The number of carbonyl (C=O) groups excluding carboxylic acids is 1. The molecule has 0 spiro atoms. The normalized spacial score (nSPS) is 16.8. The third kappa shape index (κ3) is 2.50. The monoisotopic (exact) mass is 256 g/mol. The Bertz CT molecular complexity index is 605. The standard InChI is InChI=1S/C16H13FO2/c17-14-4-1-11(2-5-14)8-15-9-13-7-12(10-18)3-6-16(13)19-15/h1-7,10,15H,8-9H2. The van der Waals surface area contributed by atoms with Gasteiger partial charge in [0.1, 0.15) is 24.0 Å². The van der Waals surface area contributed by atoms with Crippen LogP contribution in [0, 0.1) is 5.82 Å². The number of fused-ring (bicyclic) bond motifs is 1. The van der Waals surface area contributed by atoms with Crippen molar-refractivity contribution in [1.82, 2.24) is 0 Å². The van der Waals surface area contributed by atoms with Crippen molar-refractivity contribution in [2.24, 2.45) is 0 Å². The molecule has 0 aromatic heterocycles.